The molecule has 1 aliphatic heterocycles. The number of aromatic amines is 1. The summed E-state index contributed by atoms with van der Waals surface area (Å²) in [5.41, 5.74) is 0.540. The molecule has 2 aliphatic rings. The summed E-state index contributed by atoms with van der Waals surface area (Å²) < 4.78 is 5.92. The molecule has 0 atom stereocenters. The summed E-state index contributed by atoms with van der Waals surface area (Å²) in [5.74, 6) is 1.36. The number of rotatable bonds is 4. The number of nitrogens with one attached hydrogen (secondary N) is 1. The van der Waals surface area contributed by atoms with Gasteiger partial charge in [0.05, 0.1) is 0 Å². The number of H-pyrrole nitrogens is 1. The topological polar surface area (TPSA) is 87.1 Å². The Hall–Kier alpha value is -2.94. The molecule has 162 valence electrons. The molecule has 3 aromatic rings. The van der Waals surface area contributed by atoms with Crippen LogP contribution in [0.5, 0.6) is 0 Å². The predicted molar refractivity (Wildman–Crippen MR) is 123 cm³/mol. The monoisotopic (exact) mass is 438 g/mol. The minimum atomic E-state index is -0.284. The van der Waals surface area contributed by atoms with Crippen molar-refractivity contribution in [1.29, 1.82) is 0 Å². The van der Waals surface area contributed by atoms with Crippen LogP contribution in [-0.4, -0.2) is 45.1 Å². The molecule has 0 radical (unpaired) electrons. The lowest BCUT2D eigenvalue weighted by Crippen LogP contribution is -2.48. The van der Waals surface area contributed by atoms with Crippen LogP contribution in [0.2, 0.25) is 0 Å². The summed E-state index contributed by atoms with van der Waals surface area (Å²) >= 11 is 1.41. The third kappa shape index (κ3) is 4.14. The van der Waals surface area contributed by atoms with Gasteiger partial charge in [0, 0.05) is 55.4 Å². The van der Waals surface area contributed by atoms with Crippen LogP contribution in [0.25, 0.3) is 11.4 Å². The van der Waals surface area contributed by atoms with Crippen molar-refractivity contribution in [2.45, 2.75) is 38.1 Å². The zero-order valence-corrected chi connectivity index (χ0v) is 18.2. The molecule has 9 heteroatoms. The molecule has 1 saturated heterocycles. The fourth-order valence-electron chi connectivity index (χ4n) is 4.53. The Balaban J connectivity index is 1.27. The van der Waals surface area contributed by atoms with Crippen molar-refractivity contribution in [3.63, 3.8) is 0 Å². The molecule has 0 unspecified atom stereocenters. The van der Waals surface area contributed by atoms with E-state index in [1.165, 1.54) is 22.5 Å². The number of piperazine rings is 1. The third-order valence-corrected chi connectivity index (χ3v) is 7.01. The minimum absolute atomic E-state index is 0.0344. The van der Waals surface area contributed by atoms with Gasteiger partial charge in [-0.15, -0.1) is 0 Å². The number of aromatic nitrogens is 4. The molecule has 2 aromatic heterocycles. The Morgan fingerprint density at radius 2 is 1.65 bits per heavy atom. The average Bonchev–Trinajstić information content (AvgIpc) is 3.30. The maximum Gasteiger partial charge on any atom is 0.330 e. The normalized spacial score (nSPS) is 17.8. The molecule has 2 fully saturated rings. The van der Waals surface area contributed by atoms with E-state index >= 15 is 0 Å². The maximum atomic E-state index is 12.7. The van der Waals surface area contributed by atoms with Crippen LogP contribution in [-0.2, 0) is 0 Å². The van der Waals surface area contributed by atoms with Gasteiger partial charge < -0.3 is 9.80 Å². The first kappa shape index (κ1) is 20.0. The quantitative estimate of drug-likeness (QED) is 0.674. The zero-order valence-electron chi connectivity index (χ0n) is 17.4. The standard InChI is InChI=1S/C22H26N6O2S/c29-19-15-18(23-21(30)28(19)17-9-5-2-6-10-17)26-11-13-27(14-12-26)22-24-20(25-31-22)16-7-3-1-4-8-16/h1,3-4,7-8,15,17H,2,5-6,9-14H2,(H,23,30). The first-order valence-corrected chi connectivity index (χ1v) is 11.7. The SMILES string of the molecule is O=c1cc(N2CCN(c3nc(-c4ccccc4)ns3)CC2)[nH]c(=O)n1C1CCCCC1. The number of nitrogens with zero attached hydrogens (tertiary/aromatic N) is 5. The summed E-state index contributed by atoms with van der Waals surface area (Å²) in [4.78, 5) is 37.3. The Bertz CT molecular complexity index is 1110. The molecule has 5 rings (SSSR count). The third-order valence-electron chi connectivity index (χ3n) is 6.23. The van der Waals surface area contributed by atoms with Crippen molar-refractivity contribution in [2.24, 2.45) is 0 Å². The van der Waals surface area contributed by atoms with Gasteiger partial charge in [0.2, 0.25) is 5.13 Å². The van der Waals surface area contributed by atoms with Gasteiger partial charge in [-0.05, 0) is 12.8 Å². The first-order chi connectivity index (χ1) is 15.2. The van der Waals surface area contributed by atoms with Crippen molar-refractivity contribution in [1.82, 2.24) is 18.9 Å². The van der Waals surface area contributed by atoms with E-state index < -0.39 is 0 Å². The summed E-state index contributed by atoms with van der Waals surface area (Å²) in [5, 5.41) is 0.903. The van der Waals surface area contributed by atoms with Gasteiger partial charge >= 0.3 is 5.69 Å². The van der Waals surface area contributed by atoms with Gasteiger partial charge in [-0.25, -0.2) is 4.79 Å². The van der Waals surface area contributed by atoms with Crippen LogP contribution in [0, 0.1) is 0 Å². The van der Waals surface area contributed by atoms with E-state index in [0.717, 1.165) is 55.3 Å². The van der Waals surface area contributed by atoms with Crippen LogP contribution in [0.4, 0.5) is 10.9 Å². The first-order valence-electron chi connectivity index (χ1n) is 10.9. The van der Waals surface area contributed by atoms with Crippen molar-refractivity contribution >= 4 is 22.5 Å². The van der Waals surface area contributed by atoms with E-state index in [4.69, 9.17) is 4.98 Å². The van der Waals surface area contributed by atoms with Crippen molar-refractivity contribution < 1.29 is 0 Å². The second-order valence-electron chi connectivity index (χ2n) is 8.20. The van der Waals surface area contributed by atoms with Crippen LogP contribution in [0.1, 0.15) is 38.1 Å². The summed E-state index contributed by atoms with van der Waals surface area (Å²) in [6, 6.07) is 11.6. The van der Waals surface area contributed by atoms with Gasteiger partial charge in [-0.3, -0.25) is 14.3 Å². The van der Waals surface area contributed by atoms with Crippen molar-refractivity contribution in [2.75, 3.05) is 36.0 Å². The van der Waals surface area contributed by atoms with Crippen molar-refractivity contribution in [3.05, 3.63) is 57.2 Å². The highest BCUT2D eigenvalue weighted by Gasteiger charge is 2.23. The van der Waals surface area contributed by atoms with E-state index in [2.05, 4.69) is 19.2 Å². The molecule has 1 aliphatic carbocycles. The fourth-order valence-corrected chi connectivity index (χ4v) is 5.27. The van der Waals surface area contributed by atoms with Crippen LogP contribution in [0.15, 0.2) is 46.0 Å². The van der Waals surface area contributed by atoms with E-state index in [-0.39, 0.29) is 17.3 Å². The van der Waals surface area contributed by atoms with Crippen LogP contribution >= 0.6 is 11.5 Å². The Morgan fingerprint density at radius 3 is 2.35 bits per heavy atom. The predicted octanol–water partition coefficient (Wildman–Crippen LogP) is 2.89. The lowest BCUT2D eigenvalue weighted by molar-refractivity contribution is 0.336. The molecule has 8 nitrogen and oxygen atoms in total. The highest BCUT2D eigenvalue weighted by molar-refractivity contribution is 7.09. The molecule has 1 aromatic carbocycles. The molecular formula is C22H26N6O2S. The van der Waals surface area contributed by atoms with Gasteiger partial charge in [0.1, 0.15) is 5.82 Å². The Kier molecular flexibility index (Phi) is 5.59. The lowest BCUT2D eigenvalue weighted by Gasteiger charge is -2.35. The molecule has 1 N–H and O–H groups in total. The maximum absolute atomic E-state index is 12.7. The van der Waals surface area contributed by atoms with E-state index in [0.29, 0.717) is 18.9 Å². The highest BCUT2D eigenvalue weighted by atomic mass is 32.1. The summed E-state index contributed by atoms with van der Waals surface area (Å²) in [6.45, 7) is 2.94. The molecular weight excluding hydrogens is 412 g/mol. The molecule has 0 bridgehead atoms. The second kappa shape index (κ2) is 8.66. The van der Waals surface area contributed by atoms with Gasteiger partial charge in [-0.2, -0.15) is 9.36 Å². The minimum Gasteiger partial charge on any atom is -0.354 e. The fraction of sp³-hybridized carbons (Fsp3) is 0.455. The Morgan fingerprint density at radius 1 is 0.935 bits per heavy atom. The Labute approximate surface area is 184 Å². The molecule has 3 heterocycles. The largest absolute Gasteiger partial charge is 0.354 e. The van der Waals surface area contributed by atoms with Gasteiger partial charge in [0.25, 0.3) is 5.56 Å². The zero-order chi connectivity index (χ0) is 21.2. The van der Waals surface area contributed by atoms with Gasteiger partial charge in [-0.1, -0.05) is 49.6 Å². The molecule has 1 saturated carbocycles. The van der Waals surface area contributed by atoms with E-state index in [1.54, 1.807) is 6.07 Å². The lowest BCUT2D eigenvalue weighted by atomic mass is 9.95. The molecule has 31 heavy (non-hydrogen) atoms. The van der Waals surface area contributed by atoms with Crippen LogP contribution < -0.4 is 21.0 Å². The van der Waals surface area contributed by atoms with Crippen LogP contribution in [0.3, 0.4) is 0 Å². The molecule has 0 spiro atoms. The number of hydrogen-bond donors (Lipinski definition) is 1. The van der Waals surface area contributed by atoms with E-state index in [9.17, 15) is 9.59 Å². The number of benzene rings is 1. The average molecular weight is 439 g/mol. The van der Waals surface area contributed by atoms with E-state index in [1.807, 2.05) is 30.3 Å². The number of anilines is 2. The highest BCUT2D eigenvalue weighted by Crippen LogP contribution is 2.27. The molecule has 0 amide bonds. The smallest absolute Gasteiger partial charge is 0.330 e. The van der Waals surface area contributed by atoms with Crippen molar-refractivity contribution in [3.8, 4) is 11.4 Å². The van der Waals surface area contributed by atoms with Gasteiger partial charge in [0.15, 0.2) is 5.82 Å². The summed E-state index contributed by atoms with van der Waals surface area (Å²) in [7, 11) is 0. The summed E-state index contributed by atoms with van der Waals surface area (Å²) in [6.07, 6.45) is 5.17. The number of hydrogen-bond acceptors (Lipinski definition) is 7. The second-order valence-corrected chi connectivity index (χ2v) is 8.93.